The van der Waals surface area contributed by atoms with Gasteiger partial charge in [0.2, 0.25) is 5.91 Å². The zero-order valence-electron chi connectivity index (χ0n) is 16.6. The fourth-order valence-corrected chi connectivity index (χ4v) is 3.77. The standard InChI is InChI=1S/C22H30N4O/c1-18-7-4-9-20(15-18)21(24(2)3)22(27)26-12-6-11-25(13-14-26)17-19-8-5-10-23-16-19/h4-5,7-10,15-16,21H,6,11-14,17H2,1-3H3/t21-/m0/s1. The largest absolute Gasteiger partial charge is 0.340 e. The van der Waals surface area contributed by atoms with Crippen molar-refractivity contribution >= 4 is 5.91 Å². The van der Waals surface area contributed by atoms with Crippen molar-refractivity contribution in [1.82, 2.24) is 19.7 Å². The molecule has 1 aromatic heterocycles. The van der Waals surface area contributed by atoms with E-state index in [1.165, 1.54) is 11.1 Å². The van der Waals surface area contributed by atoms with E-state index < -0.39 is 0 Å². The predicted molar refractivity (Wildman–Crippen MR) is 108 cm³/mol. The smallest absolute Gasteiger partial charge is 0.244 e. The molecule has 1 atom stereocenters. The van der Waals surface area contributed by atoms with Gasteiger partial charge < -0.3 is 4.90 Å². The highest BCUT2D eigenvalue weighted by molar-refractivity contribution is 5.83. The van der Waals surface area contributed by atoms with Gasteiger partial charge in [-0.1, -0.05) is 35.9 Å². The molecule has 0 spiro atoms. The molecule has 5 nitrogen and oxygen atoms in total. The first-order chi connectivity index (χ1) is 13.0. The van der Waals surface area contributed by atoms with Crippen LogP contribution in [-0.2, 0) is 11.3 Å². The summed E-state index contributed by atoms with van der Waals surface area (Å²) >= 11 is 0. The summed E-state index contributed by atoms with van der Waals surface area (Å²) in [5.74, 6) is 0.203. The predicted octanol–water partition coefficient (Wildman–Crippen LogP) is 2.73. The van der Waals surface area contributed by atoms with Crippen molar-refractivity contribution in [1.29, 1.82) is 0 Å². The van der Waals surface area contributed by atoms with E-state index in [2.05, 4.69) is 41.1 Å². The van der Waals surface area contributed by atoms with Crippen LogP contribution < -0.4 is 0 Å². The molecule has 0 saturated carbocycles. The van der Waals surface area contributed by atoms with Crippen LogP contribution in [0.5, 0.6) is 0 Å². The number of benzene rings is 1. The molecule has 1 fully saturated rings. The minimum Gasteiger partial charge on any atom is -0.340 e. The molecular formula is C22H30N4O. The van der Waals surface area contributed by atoms with Gasteiger partial charge in [0.15, 0.2) is 0 Å². The Kier molecular flexibility index (Phi) is 6.58. The van der Waals surface area contributed by atoms with Crippen LogP contribution in [0.3, 0.4) is 0 Å². The summed E-state index contributed by atoms with van der Waals surface area (Å²) in [6.45, 7) is 6.46. The van der Waals surface area contributed by atoms with Gasteiger partial charge in [0, 0.05) is 45.1 Å². The summed E-state index contributed by atoms with van der Waals surface area (Å²) < 4.78 is 0. The van der Waals surface area contributed by atoms with Crippen molar-refractivity contribution in [2.24, 2.45) is 0 Å². The lowest BCUT2D eigenvalue weighted by Gasteiger charge is -2.30. The van der Waals surface area contributed by atoms with E-state index in [-0.39, 0.29) is 11.9 Å². The summed E-state index contributed by atoms with van der Waals surface area (Å²) in [4.78, 5) is 24.0. The molecule has 1 aliphatic rings. The quantitative estimate of drug-likeness (QED) is 0.816. The maximum atomic E-state index is 13.3. The number of amides is 1. The number of hydrogen-bond donors (Lipinski definition) is 0. The molecule has 1 amide bonds. The van der Waals surface area contributed by atoms with E-state index >= 15 is 0 Å². The highest BCUT2D eigenvalue weighted by atomic mass is 16.2. The SMILES string of the molecule is Cc1cccc([C@@H](C(=O)N2CCCN(Cc3cccnc3)CC2)N(C)C)c1. The van der Waals surface area contributed by atoms with Crippen LogP contribution in [0.25, 0.3) is 0 Å². The van der Waals surface area contributed by atoms with E-state index in [0.29, 0.717) is 0 Å². The van der Waals surface area contributed by atoms with E-state index in [1.54, 1.807) is 6.20 Å². The Morgan fingerprint density at radius 3 is 2.70 bits per heavy atom. The molecule has 0 bridgehead atoms. The molecule has 0 unspecified atom stereocenters. The second kappa shape index (κ2) is 9.11. The Morgan fingerprint density at radius 2 is 2.00 bits per heavy atom. The number of nitrogens with zero attached hydrogens (tertiary/aromatic N) is 4. The molecule has 0 aliphatic carbocycles. The molecule has 5 heteroatoms. The molecule has 3 rings (SSSR count). The highest BCUT2D eigenvalue weighted by Crippen LogP contribution is 2.23. The zero-order chi connectivity index (χ0) is 19.2. The van der Waals surface area contributed by atoms with Gasteiger partial charge in [-0.05, 0) is 44.6 Å². The molecule has 1 aromatic carbocycles. The molecule has 144 valence electrons. The monoisotopic (exact) mass is 366 g/mol. The summed E-state index contributed by atoms with van der Waals surface area (Å²) in [6, 6.07) is 12.1. The first kappa shape index (κ1) is 19.5. The van der Waals surface area contributed by atoms with Crippen molar-refractivity contribution in [2.75, 3.05) is 40.3 Å². The van der Waals surface area contributed by atoms with Gasteiger partial charge in [-0.2, -0.15) is 0 Å². The number of hydrogen-bond acceptors (Lipinski definition) is 4. The van der Waals surface area contributed by atoms with E-state index in [1.807, 2.05) is 42.2 Å². The Balaban J connectivity index is 1.67. The third kappa shape index (κ3) is 5.15. The van der Waals surface area contributed by atoms with Crippen molar-refractivity contribution in [2.45, 2.75) is 25.9 Å². The number of aromatic nitrogens is 1. The van der Waals surface area contributed by atoms with Crippen molar-refractivity contribution in [3.63, 3.8) is 0 Å². The van der Waals surface area contributed by atoms with Crippen LogP contribution in [0.2, 0.25) is 0 Å². The van der Waals surface area contributed by atoms with Crippen LogP contribution in [-0.4, -0.2) is 65.9 Å². The van der Waals surface area contributed by atoms with Crippen LogP contribution >= 0.6 is 0 Å². The van der Waals surface area contributed by atoms with Gasteiger partial charge in [0.25, 0.3) is 0 Å². The lowest BCUT2D eigenvalue weighted by molar-refractivity contribution is -0.136. The molecule has 0 N–H and O–H groups in total. The van der Waals surface area contributed by atoms with Crippen molar-refractivity contribution < 1.29 is 4.79 Å². The molecule has 0 radical (unpaired) electrons. The van der Waals surface area contributed by atoms with Gasteiger partial charge in [0.05, 0.1) is 0 Å². The lowest BCUT2D eigenvalue weighted by atomic mass is 10.0. The van der Waals surface area contributed by atoms with Gasteiger partial charge in [-0.3, -0.25) is 19.6 Å². The van der Waals surface area contributed by atoms with Crippen LogP contribution in [0.4, 0.5) is 0 Å². The Bertz CT molecular complexity index is 747. The number of carbonyl (C=O) groups excluding carboxylic acids is 1. The fourth-order valence-electron chi connectivity index (χ4n) is 3.77. The highest BCUT2D eigenvalue weighted by Gasteiger charge is 2.29. The molecule has 1 saturated heterocycles. The van der Waals surface area contributed by atoms with E-state index in [4.69, 9.17) is 0 Å². The number of pyridine rings is 1. The van der Waals surface area contributed by atoms with E-state index in [9.17, 15) is 4.79 Å². The van der Waals surface area contributed by atoms with Crippen LogP contribution in [0.1, 0.15) is 29.2 Å². The second-order valence-corrected chi connectivity index (χ2v) is 7.60. The lowest BCUT2D eigenvalue weighted by Crippen LogP contribution is -2.42. The summed E-state index contributed by atoms with van der Waals surface area (Å²) in [5, 5.41) is 0. The number of likely N-dealkylation sites (N-methyl/N-ethyl adjacent to an activating group) is 1. The van der Waals surface area contributed by atoms with Gasteiger partial charge in [-0.15, -0.1) is 0 Å². The Labute approximate surface area is 162 Å². The summed E-state index contributed by atoms with van der Waals surface area (Å²) in [6.07, 6.45) is 4.73. The number of rotatable bonds is 5. The summed E-state index contributed by atoms with van der Waals surface area (Å²) in [5.41, 5.74) is 3.48. The average Bonchev–Trinajstić information content (AvgIpc) is 2.88. The maximum Gasteiger partial charge on any atom is 0.244 e. The minimum absolute atomic E-state index is 0.203. The third-order valence-electron chi connectivity index (χ3n) is 5.14. The number of carbonyl (C=O) groups is 1. The number of aryl methyl sites for hydroxylation is 1. The topological polar surface area (TPSA) is 39.7 Å². The second-order valence-electron chi connectivity index (χ2n) is 7.60. The minimum atomic E-state index is -0.227. The first-order valence-electron chi connectivity index (χ1n) is 9.67. The van der Waals surface area contributed by atoms with Gasteiger partial charge >= 0.3 is 0 Å². The van der Waals surface area contributed by atoms with Gasteiger partial charge in [0.1, 0.15) is 6.04 Å². The van der Waals surface area contributed by atoms with Crippen molar-refractivity contribution in [3.8, 4) is 0 Å². The summed E-state index contributed by atoms with van der Waals surface area (Å²) in [7, 11) is 3.97. The normalized spacial score (nSPS) is 17.0. The van der Waals surface area contributed by atoms with Crippen LogP contribution in [0.15, 0.2) is 48.8 Å². The average molecular weight is 367 g/mol. The molecular weight excluding hydrogens is 336 g/mol. The Hall–Kier alpha value is -2.24. The maximum absolute atomic E-state index is 13.3. The first-order valence-corrected chi connectivity index (χ1v) is 9.67. The van der Waals surface area contributed by atoms with Crippen molar-refractivity contribution in [3.05, 3.63) is 65.5 Å². The fraction of sp³-hybridized carbons (Fsp3) is 0.455. The van der Waals surface area contributed by atoms with Gasteiger partial charge in [-0.25, -0.2) is 0 Å². The Morgan fingerprint density at radius 1 is 1.15 bits per heavy atom. The van der Waals surface area contributed by atoms with E-state index in [0.717, 1.165) is 44.7 Å². The van der Waals surface area contributed by atoms with Crippen LogP contribution in [0, 0.1) is 6.92 Å². The molecule has 2 heterocycles. The zero-order valence-corrected chi connectivity index (χ0v) is 16.6. The third-order valence-corrected chi connectivity index (χ3v) is 5.14. The molecule has 1 aliphatic heterocycles. The molecule has 2 aromatic rings. The molecule has 27 heavy (non-hydrogen) atoms.